The van der Waals surface area contributed by atoms with Gasteiger partial charge in [0.15, 0.2) is 0 Å². The van der Waals surface area contributed by atoms with Gasteiger partial charge in [-0.15, -0.1) is 0 Å². The molecular formula is C6H2BrF3IN. The second kappa shape index (κ2) is 3.91. The molecule has 0 fully saturated rings. The second-order valence-electron chi connectivity index (χ2n) is 1.93. The van der Waals surface area contributed by atoms with Gasteiger partial charge in [0, 0.05) is 6.20 Å². The van der Waals surface area contributed by atoms with Crippen LogP contribution in [0.2, 0.25) is 0 Å². The van der Waals surface area contributed by atoms with Crippen molar-refractivity contribution in [3.05, 3.63) is 25.8 Å². The van der Waals surface area contributed by atoms with Gasteiger partial charge in [-0.05, 0) is 38.5 Å². The van der Waals surface area contributed by atoms with Crippen LogP contribution in [0, 0.1) is 9.52 Å². The maximum atomic E-state index is 12.9. The van der Waals surface area contributed by atoms with Crippen LogP contribution in [0.25, 0.3) is 0 Å². The summed E-state index contributed by atoms with van der Waals surface area (Å²) in [5.74, 6) is -0.940. The fourth-order valence-electron chi connectivity index (χ4n) is 0.609. The Morgan fingerprint density at radius 2 is 2.08 bits per heavy atom. The second-order valence-corrected chi connectivity index (χ2v) is 3.75. The standard InChI is InChI=1S/C6H2BrF3IN/c7-3-4(8)2(5(9)10)1-12-6(3)11/h1,5H. The number of pyridine rings is 1. The Morgan fingerprint density at radius 3 is 2.58 bits per heavy atom. The Morgan fingerprint density at radius 1 is 1.50 bits per heavy atom. The van der Waals surface area contributed by atoms with E-state index in [4.69, 9.17) is 0 Å². The molecule has 0 aromatic carbocycles. The number of aromatic nitrogens is 1. The van der Waals surface area contributed by atoms with E-state index in [0.29, 0.717) is 3.70 Å². The van der Waals surface area contributed by atoms with Gasteiger partial charge >= 0.3 is 0 Å². The molecule has 1 aromatic rings. The number of nitrogens with zero attached hydrogens (tertiary/aromatic N) is 1. The minimum Gasteiger partial charge on any atom is -0.248 e. The number of hydrogen-bond donors (Lipinski definition) is 0. The van der Waals surface area contributed by atoms with Crippen LogP contribution in [-0.4, -0.2) is 4.98 Å². The predicted octanol–water partition coefficient (Wildman–Crippen LogP) is 3.53. The minimum atomic E-state index is -2.83. The Labute approximate surface area is 88.6 Å². The Hall–Kier alpha value is 0.150. The summed E-state index contributed by atoms with van der Waals surface area (Å²) in [6.45, 7) is 0. The van der Waals surface area contributed by atoms with Gasteiger partial charge in [-0.25, -0.2) is 18.2 Å². The van der Waals surface area contributed by atoms with Crippen molar-refractivity contribution in [2.45, 2.75) is 6.43 Å². The molecule has 1 rings (SSSR count). The predicted molar refractivity (Wildman–Crippen MR) is 49.6 cm³/mol. The zero-order valence-corrected chi connectivity index (χ0v) is 9.24. The number of hydrogen-bond acceptors (Lipinski definition) is 1. The van der Waals surface area contributed by atoms with E-state index in [9.17, 15) is 13.2 Å². The van der Waals surface area contributed by atoms with E-state index >= 15 is 0 Å². The van der Waals surface area contributed by atoms with Crippen molar-refractivity contribution in [2.24, 2.45) is 0 Å². The van der Waals surface area contributed by atoms with Crippen molar-refractivity contribution < 1.29 is 13.2 Å². The van der Waals surface area contributed by atoms with Crippen LogP contribution in [0.1, 0.15) is 12.0 Å². The summed E-state index contributed by atoms with van der Waals surface area (Å²) in [5, 5.41) is 0. The molecule has 0 N–H and O–H groups in total. The first-order valence-electron chi connectivity index (χ1n) is 2.81. The van der Waals surface area contributed by atoms with Gasteiger partial charge in [0.25, 0.3) is 6.43 Å². The highest BCUT2D eigenvalue weighted by atomic mass is 127. The molecule has 0 saturated heterocycles. The van der Waals surface area contributed by atoms with E-state index in [1.807, 2.05) is 0 Å². The largest absolute Gasteiger partial charge is 0.268 e. The van der Waals surface area contributed by atoms with Gasteiger partial charge in [-0.2, -0.15) is 0 Å². The van der Waals surface area contributed by atoms with Crippen LogP contribution in [0.3, 0.4) is 0 Å². The van der Waals surface area contributed by atoms with Crippen molar-refractivity contribution >= 4 is 38.5 Å². The van der Waals surface area contributed by atoms with Gasteiger partial charge < -0.3 is 0 Å². The van der Waals surface area contributed by atoms with Crippen molar-refractivity contribution in [1.82, 2.24) is 4.98 Å². The SMILES string of the molecule is Fc1c(C(F)F)cnc(I)c1Br. The molecule has 1 aromatic heterocycles. The third-order valence-corrected chi connectivity index (χ3v) is 3.46. The molecular weight excluding hydrogens is 350 g/mol. The molecule has 1 heterocycles. The zero-order chi connectivity index (χ0) is 9.30. The summed E-state index contributed by atoms with van der Waals surface area (Å²) in [7, 11) is 0. The van der Waals surface area contributed by atoms with Crippen LogP contribution in [0.5, 0.6) is 0 Å². The molecule has 1 nitrogen and oxygen atoms in total. The van der Waals surface area contributed by atoms with Gasteiger partial charge in [0.1, 0.15) is 9.52 Å². The highest BCUT2D eigenvalue weighted by Gasteiger charge is 2.17. The summed E-state index contributed by atoms with van der Waals surface area (Å²) in [6.07, 6.45) is -1.99. The van der Waals surface area contributed by atoms with E-state index in [0.717, 1.165) is 6.20 Å². The molecule has 66 valence electrons. The molecule has 0 aliphatic rings. The molecule has 0 radical (unpaired) electrons. The Balaban J connectivity index is 3.27. The molecule has 0 atom stereocenters. The molecule has 0 bridgehead atoms. The number of rotatable bonds is 1. The van der Waals surface area contributed by atoms with E-state index in [-0.39, 0.29) is 4.47 Å². The van der Waals surface area contributed by atoms with Crippen molar-refractivity contribution in [3.63, 3.8) is 0 Å². The van der Waals surface area contributed by atoms with Gasteiger partial charge in [0.05, 0.1) is 10.0 Å². The topological polar surface area (TPSA) is 12.9 Å². The summed E-state index contributed by atoms with van der Waals surface area (Å²) in [5.41, 5.74) is -0.678. The lowest BCUT2D eigenvalue weighted by molar-refractivity contribution is 0.145. The van der Waals surface area contributed by atoms with Gasteiger partial charge in [0.2, 0.25) is 0 Å². The van der Waals surface area contributed by atoms with Crippen LogP contribution in [-0.2, 0) is 0 Å². The minimum absolute atomic E-state index is 0.0131. The van der Waals surface area contributed by atoms with E-state index < -0.39 is 17.8 Å². The molecule has 6 heteroatoms. The third-order valence-electron chi connectivity index (χ3n) is 1.18. The summed E-state index contributed by atoms with van der Waals surface area (Å²) in [4.78, 5) is 3.58. The van der Waals surface area contributed by atoms with E-state index in [2.05, 4.69) is 20.9 Å². The lowest BCUT2D eigenvalue weighted by Crippen LogP contribution is -1.96. The Bertz CT molecular complexity index is 305. The van der Waals surface area contributed by atoms with E-state index in [1.165, 1.54) is 0 Å². The first-order valence-corrected chi connectivity index (χ1v) is 4.68. The molecule has 0 aliphatic carbocycles. The maximum Gasteiger partial charge on any atom is 0.268 e. The van der Waals surface area contributed by atoms with Gasteiger partial charge in [-0.3, -0.25) is 0 Å². The van der Waals surface area contributed by atoms with Crippen LogP contribution in [0.4, 0.5) is 13.2 Å². The highest BCUT2D eigenvalue weighted by Crippen LogP contribution is 2.28. The molecule has 0 aliphatic heterocycles. The first-order chi connectivity index (χ1) is 5.54. The summed E-state index contributed by atoms with van der Waals surface area (Å²) in [6, 6.07) is 0. The molecule has 0 spiro atoms. The first kappa shape index (κ1) is 10.2. The summed E-state index contributed by atoms with van der Waals surface area (Å²) >= 11 is 4.57. The van der Waals surface area contributed by atoms with Crippen LogP contribution >= 0.6 is 38.5 Å². The summed E-state index contributed by atoms with van der Waals surface area (Å²) < 4.78 is 37.3. The van der Waals surface area contributed by atoms with Crippen molar-refractivity contribution in [1.29, 1.82) is 0 Å². The van der Waals surface area contributed by atoms with Crippen LogP contribution < -0.4 is 0 Å². The van der Waals surface area contributed by atoms with Crippen molar-refractivity contribution in [2.75, 3.05) is 0 Å². The fourth-order valence-corrected chi connectivity index (χ4v) is 1.32. The fraction of sp³-hybridized carbons (Fsp3) is 0.167. The van der Waals surface area contributed by atoms with Crippen LogP contribution in [0.15, 0.2) is 10.7 Å². The molecule has 0 unspecified atom stereocenters. The average molecular weight is 352 g/mol. The molecule has 0 amide bonds. The quantitative estimate of drug-likeness (QED) is 0.557. The lowest BCUT2D eigenvalue weighted by Gasteiger charge is -2.03. The lowest BCUT2D eigenvalue weighted by atomic mass is 10.3. The molecule has 0 saturated carbocycles. The van der Waals surface area contributed by atoms with E-state index in [1.54, 1.807) is 22.6 Å². The highest BCUT2D eigenvalue weighted by molar-refractivity contribution is 14.1. The molecule has 12 heavy (non-hydrogen) atoms. The maximum absolute atomic E-state index is 12.9. The van der Waals surface area contributed by atoms with Gasteiger partial charge in [-0.1, -0.05) is 0 Å². The normalized spacial score (nSPS) is 10.8. The third kappa shape index (κ3) is 1.90. The Kier molecular flexibility index (Phi) is 3.33. The monoisotopic (exact) mass is 351 g/mol. The zero-order valence-electron chi connectivity index (χ0n) is 5.49. The van der Waals surface area contributed by atoms with Crippen molar-refractivity contribution in [3.8, 4) is 0 Å². The number of alkyl halides is 2. The number of halogens is 5. The smallest absolute Gasteiger partial charge is 0.248 e. The average Bonchev–Trinajstić information content (AvgIpc) is 2.00.